The van der Waals surface area contributed by atoms with Crippen LogP contribution in [-0.2, 0) is 0 Å². The van der Waals surface area contributed by atoms with Gasteiger partial charge in [-0.1, -0.05) is 62.2 Å². The molecular weight excluding hydrogens is 316 g/mol. The minimum absolute atomic E-state index is 0.406. The van der Waals surface area contributed by atoms with E-state index in [1.54, 1.807) is 0 Å². The first kappa shape index (κ1) is 22.7. The third kappa shape index (κ3) is 10.5. The zero-order valence-corrected chi connectivity index (χ0v) is 17.0. The number of allylic oxidation sites excluding steroid dienone is 3. The lowest BCUT2D eigenvalue weighted by molar-refractivity contribution is 0.365. The molecule has 0 aromatic heterocycles. The van der Waals surface area contributed by atoms with Crippen molar-refractivity contribution in [3.05, 3.63) is 47.6 Å². The van der Waals surface area contributed by atoms with E-state index in [4.69, 9.17) is 16.6 Å². The van der Waals surface area contributed by atoms with Crippen LogP contribution in [0.5, 0.6) is 0 Å². The van der Waals surface area contributed by atoms with E-state index in [1.165, 1.54) is 19.3 Å². The molecule has 0 aliphatic rings. The van der Waals surface area contributed by atoms with Crippen LogP contribution in [0.3, 0.4) is 0 Å². The maximum Gasteiger partial charge on any atom is 0.0998 e. The molecule has 136 valence electrons. The molecule has 0 heterocycles. The monoisotopic (exact) mass is 350 g/mol. The standard InChI is InChI=1S/C21H35ClN2/c1-8-10-11-12-21(24(18(5)6)16-17(3)4)23-15-19(7)13-14-20(22)9-2/h9,13-14,18H,3,7-8,10-12,15-16H2,1-2,4-6H3/b14-13-,20-9+,23-21?. The van der Waals surface area contributed by atoms with Crippen LogP contribution in [0.4, 0.5) is 0 Å². The topological polar surface area (TPSA) is 15.6 Å². The Bertz CT molecular complexity index is 484. The quantitative estimate of drug-likeness (QED) is 0.136. The van der Waals surface area contributed by atoms with Gasteiger partial charge in [-0.2, -0.15) is 0 Å². The van der Waals surface area contributed by atoms with Crippen LogP contribution in [0.1, 0.15) is 60.3 Å². The number of nitrogens with zero attached hydrogens (tertiary/aromatic N) is 2. The first-order valence-corrected chi connectivity index (χ1v) is 9.31. The summed E-state index contributed by atoms with van der Waals surface area (Å²) in [6.07, 6.45) is 10.3. The van der Waals surface area contributed by atoms with Crippen LogP contribution in [0, 0.1) is 0 Å². The molecule has 0 N–H and O–H groups in total. The van der Waals surface area contributed by atoms with E-state index in [1.807, 2.05) is 25.2 Å². The highest BCUT2D eigenvalue weighted by Gasteiger charge is 2.14. The van der Waals surface area contributed by atoms with Crippen molar-refractivity contribution < 1.29 is 0 Å². The molecule has 0 rings (SSSR count). The van der Waals surface area contributed by atoms with E-state index in [2.05, 4.69) is 45.8 Å². The minimum atomic E-state index is 0.406. The summed E-state index contributed by atoms with van der Waals surface area (Å²) in [5.74, 6) is 1.16. The highest BCUT2D eigenvalue weighted by molar-refractivity contribution is 6.31. The molecule has 0 spiro atoms. The molecule has 2 nitrogen and oxygen atoms in total. The number of rotatable bonds is 11. The fourth-order valence-corrected chi connectivity index (χ4v) is 2.31. The van der Waals surface area contributed by atoms with Crippen molar-refractivity contribution in [2.45, 2.75) is 66.3 Å². The van der Waals surface area contributed by atoms with Gasteiger partial charge in [0.2, 0.25) is 0 Å². The molecule has 0 aliphatic heterocycles. The van der Waals surface area contributed by atoms with Gasteiger partial charge in [0.15, 0.2) is 0 Å². The number of hydrogen-bond donors (Lipinski definition) is 0. The third-order valence-electron chi connectivity index (χ3n) is 3.62. The molecule has 0 radical (unpaired) electrons. The predicted octanol–water partition coefficient (Wildman–Crippen LogP) is 6.51. The molecule has 0 atom stereocenters. The van der Waals surface area contributed by atoms with Crippen molar-refractivity contribution in [2.75, 3.05) is 13.1 Å². The molecule has 0 aromatic carbocycles. The Hall–Kier alpha value is -1.28. The minimum Gasteiger partial charge on any atom is -0.354 e. The van der Waals surface area contributed by atoms with Crippen LogP contribution < -0.4 is 0 Å². The van der Waals surface area contributed by atoms with Gasteiger partial charge in [0, 0.05) is 24.0 Å². The number of hydrogen-bond acceptors (Lipinski definition) is 1. The molecule has 0 unspecified atom stereocenters. The molecule has 0 saturated carbocycles. The first-order valence-electron chi connectivity index (χ1n) is 8.93. The maximum atomic E-state index is 5.99. The van der Waals surface area contributed by atoms with E-state index < -0.39 is 0 Å². The Labute approximate surface area is 154 Å². The molecule has 3 heteroatoms. The molecule has 0 fully saturated rings. The zero-order valence-electron chi connectivity index (χ0n) is 16.2. The Morgan fingerprint density at radius 1 is 1.21 bits per heavy atom. The van der Waals surface area contributed by atoms with Gasteiger partial charge in [0.05, 0.1) is 12.4 Å². The van der Waals surface area contributed by atoms with Crippen molar-refractivity contribution in [3.8, 4) is 0 Å². The molecule has 0 aromatic rings. The largest absolute Gasteiger partial charge is 0.354 e. The number of unbranched alkanes of at least 4 members (excludes halogenated alkanes) is 2. The second-order valence-corrected chi connectivity index (χ2v) is 6.97. The Morgan fingerprint density at radius 2 is 1.88 bits per heavy atom. The zero-order chi connectivity index (χ0) is 18.5. The summed E-state index contributed by atoms with van der Waals surface area (Å²) in [6.45, 7) is 20.2. The summed E-state index contributed by atoms with van der Waals surface area (Å²) in [5.41, 5.74) is 2.12. The van der Waals surface area contributed by atoms with Gasteiger partial charge in [-0.25, -0.2) is 0 Å². The molecule has 0 amide bonds. The van der Waals surface area contributed by atoms with Crippen LogP contribution in [-0.4, -0.2) is 29.9 Å². The SMILES string of the molecule is C=C(C)CN(C(CCCCC)=NCC(=C)/C=C\C(Cl)=C/C)C(C)C. The van der Waals surface area contributed by atoms with Crippen molar-refractivity contribution in [1.29, 1.82) is 0 Å². The lowest BCUT2D eigenvalue weighted by atomic mass is 10.1. The Morgan fingerprint density at radius 3 is 2.38 bits per heavy atom. The number of aliphatic imine (C=N–C) groups is 1. The summed E-state index contributed by atoms with van der Waals surface area (Å²) in [4.78, 5) is 7.22. The molecular formula is C21H35ClN2. The number of amidine groups is 1. The fraction of sp³-hybridized carbons (Fsp3) is 0.571. The summed E-state index contributed by atoms with van der Waals surface area (Å²) < 4.78 is 0. The summed E-state index contributed by atoms with van der Waals surface area (Å²) in [5, 5.41) is 0.717. The smallest absolute Gasteiger partial charge is 0.0998 e. The predicted molar refractivity (Wildman–Crippen MR) is 111 cm³/mol. The second-order valence-electron chi connectivity index (χ2n) is 6.53. The van der Waals surface area contributed by atoms with E-state index in [9.17, 15) is 0 Å². The van der Waals surface area contributed by atoms with E-state index in [0.717, 1.165) is 35.0 Å². The van der Waals surface area contributed by atoms with E-state index >= 15 is 0 Å². The van der Waals surface area contributed by atoms with E-state index in [0.29, 0.717) is 12.6 Å². The lowest BCUT2D eigenvalue weighted by Gasteiger charge is -2.30. The van der Waals surface area contributed by atoms with E-state index in [-0.39, 0.29) is 0 Å². The van der Waals surface area contributed by atoms with Crippen molar-refractivity contribution in [2.24, 2.45) is 4.99 Å². The van der Waals surface area contributed by atoms with Crippen molar-refractivity contribution >= 4 is 17.4 Å². The molecule has 0 saturated heterocycles. The Balaban J connectivity index is 5.11. The van der Waals surface area contributed by atoms with Crippen LogP contribution in [0.15, 0.2) is 52.6 Å². The lowest BCUT2D eigenvalue weighted by Crippen LogP contribution is -2.38. The van der Waals surface area contributed by atoms with Gasteiger partial charge < -0.3 is 4.90 Å². The van der Waals surface area contributed by atoms with Gasteiger partial charge in [-0.3, -0.25) is 4.99 Å². The van der Waals surface area contributed by atoms with Crippen molar-refractivity contribution in [3.63, 3.8) is 0 Å². The van der Waals surface area contributed by atoms with Crippen LogP contribution in [0.25, 0.3) is 0 Å². The number of halogens is 1. The second kappa shape index (κ2) is 13.1. The average Bonchev–Trinajstić information content (AvgIpc) is 2.53. The maximum absolute atomic E-state index is 5.99. The van der Waals surface area contributed by atoms with Crippen LogP contribution in [0.2, 0.25) is 0 Å². The first-order chi connectivity index (χ1) is 11.3. The van der Waals surface area contributed by atoms with Crippen LogP contribution >= 0.6 is 11.6 Å². The molecule has 24 heavy (non-hydrogen) atoms. The third-order valence-corrected chi connectivity index (χ3v) is 3.96. The summed E-state index contributed by atoms with van der Waals surface area (Å²) >= 11 is 5.99. The Kier molecular flexibility index (Phi) is 12.4. The fourth-order valence-electron chi connectivity index (χ4n) is 2.25. The summed E-state index contributed by atoms with van der Waals surface area (Å²) in [7, 11) is 0. The van der Waals surface area contributed by atoms with Gasteiger partial charge in [-0.15, -0.1) is 0 Å². The van der Waals surface area contributed by atoms with Gasteiger partial charge >= 0.3 is 0 Å². The van der Waals surface area contributed by atoms with Gasteiger partial charge in [0.1, 0.15) is 0 Å². The highest BCUT2D eigenvalue weighted by atomic mass is 35.5. The molecule has 0 bridgehead atoms. The summed E-state index contributed by atoms with van der Waals surface area (Å²) in [6, 6.07) is 0.406. The highest BCUT2D eigenvalue weighted by Crippen LogP contribution is 2.12. The van der Waals surface area contributed by atoms with Crippen molar-refractivity contribution in [1.82, 2.24) is 4.90 Å². The normalized spacial score (nSPS) is 13.0. The molecule has 0 aliphatic carbocycles. The van der Waals surface area contributed by atoms with Gasteiger partial charge in [-0.05, 0) is 45.8 Å². The average molecular weight is 351 g/mol. The van der Waals surface area contributed by atoms with Gasteiger partial charge in [0.25, 0.3) is 0 Å².